The Labute approximate surface area is 166 Å². The SMILES string of the molecule is C[C@H](N)C(=O)N[C@@H](CCC(=O)O)C(=O)N[C@@H](Cc1c[nH]c2ccccc12)C(=O)O. The van der Waals surface area contributed by atoms with Crippen LogP contribution in [-0.2, 0) is 25.6 Å². The lowest BCUT2D eigenvalue weighted by molar-refractivity contribution is -0.143. The molecule has 0 fully saturated rings. The number of aromatic amines is 1. The molecule has 10 nitrogen and oxygen atoms in total. The number of hydrogen-bond acceptors (Lipinski definition) is 5. The molecule has 29 heavy (non-hydrogen) atoms. The first-order valence-corrected chi connectivity index (χ1v) is 9.05. The molecule has 0 unspecified atom stereocenters. The van der Waals surface area contributed by atoms with Crippen molar-refractivity contribution in [2.75, 3.05) is 0 Å². The molecule has 1 aromatic heterocycles. The van der Waals surface area contributed by atoms with E-state index in [4.69, 9.17) is 10.8 Å². The van der Waals surface area contributed by atoms with Crippen molar-refractivity contribution < 1.29 is 29.4 Å². The summed E-state index contributed by atoms with van der Waals surface area (Å²) >= 11 is 0. The molecule has 2 amide bonds. The Kier molecular flexibility index (Phi) is 7.32. The molecular formula is C19H24N4O6. The highest BCUT2D eigenvalue weighted by atomic mass is 16.4. The number of para-hydroxylation sites is 1. The van der Waals surface area contributed by atoms with Gasteiger partial charge in [-0.25, -0.2) is 4.79 Å². The van der Waals surface area contributed by atoms with Crippen LogP contribution in [-0.4, -0.2) is 57.1 Å². The van der Waals surface area contributed by atoms with Crippen molar-refractivity contribution in [1.82, 2.24) is 15.6 Å². The molecule has 0 aliphatic rings. The molecule has 2 rings (SSSR count). The van der Waals surface area contributed by atoms with Crippen LogP contribution in [0.3, 0.4) is 0 Å². The Balaban J connectivity index is 2.14. The number of rotatable bonds is 10. The number of nitrogens with two attached hydrogens (primary N) is 1. The van der Waals surface area contributed by atoms with E-state index >= 15 is 0 Å². The molecule has 0 bridgehead atoms. The zero-order chi connectivity index (χ0) is 21.6. The number of carboxylic acid groups (broad SMARTS) is 2. The number of benzene rings is 1. The maximum atomic E-state index is 12.6. The number of fused-ring (bicyclic) bond motifs is 1. The Morgan fingerprint density at radius 1 is 1.07 bits per heavy atom. The average Bonchev–Trinajstić information content (AvgIpc) is 3.06. The highest BCUT2D eigenvalue weighted by Crippen LogP contribution is 2.19. The van der Waals surface area contributed by atoms with Gasteiger partial charge in [-0.15, -0.1) is 0 Å². The van der Waals surface area contributed by atoms with Crippen LogP contribution in [0, 0.1) is 0 Å². The first kappa shape index (κ1) is 21.9. The lowest BCUT2D eigenvalue weighted by Crippen LogP contribution is -2.54. The minimum absolute atomic E-state index is 0.0119. The van der Waals surface area contributed by atoms with Gasteiger partial charge in [0.15, 0.2) is 0 Å². The molecule has 10 heteroatoms. The fraction of sp³-hybridized carbons (Fsp3) is 0.368. The number of H-pyrrole nitrogens is 1. The third-order valence-electron chi connectivity index (χ3n) is 4.41. The van der Waals surface area contributed by atoms with Gasteiger partial charge >= 0.3 is 11.9 Å². The van der Waals surface area contributed by atoms with Gasteiger partial charge in [-0.1, -0.05) is 18.2 Å². The monoisotopic (exact) mass is 404 g/mol. The second-order valence-corrected chi connectivity index (χ2v) is 6.75. The van der Waals surface area contributed by atoms with E-state index in [1.807, 2.05) is 24.3 Å². The zero-order valence-corrected chi connectivity index (χ0v) is 15.8. The van der Waals surface area contributed by atoms with Gasteiger partial charge in [0.25, 0.3) is 0 Å². The van der Waals surface area contributed by atoms with Crippen molar-refractivity contribution in [3.63, 3.8) is 0 Å². The number of carbonyl (C=O) groups excluding carboxylic acids is 2. The van der Waals surface area contributed by atoms with Gasteiger partial charge in [0.05, 0.1) is 6.04 Å². The fourth-order valence-corrected chi connectivity index (χ4v) is 2.83. The number of nitrogens with one attached hydrogen (secondary N) is 3. The van der Waals surface area contributed by atoms with E-state index in [0.29, 0.717) is 5.56 Å². The molecule has 0 saturated heterocycles. The molecule has 3 atom stereocenters. The molecule has 0 aliphatic heterocycles. The molecule has 156 valence electrons. The lowest BCUT2D eigenvalue weighted by atomic mass is 10.0. The van der Waals surface area contributed by atoms with Gasteiger partial charge in [0.1, 0.15) is 12.1 Å². The van der Waals surface area contributed by atoms with Crippen LogP contribution in [0.5, 0.6) is 0 Å². The second kappa shape index (κ2) is 9.69. The van der Waals surface area contributed by atoms with Crippen LogP contribution in [0.2, 0.25) is 0 Å². The smallest absolute Gasteiger partial charge is 0.326 e. The van der Waals surface area contributed by atoms with Gasteiger partial charge in [-0.2, -0.15) is 0 Å². The Morgan fingerprint density at radius 2 is 1.72 bits per heavy atom. The van der Waals surface area contributed by atoms with Crippen LogP contribution in [0.4, 0.5) is 0 Å². The van der Waals surface area contributed by atoms with Crippen LogP contribution < -0.4 is 16.4 Å². The van der Waals surface area contributed by atoms with Crippen molar-refractivity contribution in [3.05, 3.63) is 36.0 Å². The van der Waals surface area contributed by atoms with E-state index in [-0.39, 0.29) is 19.3 Å². The Hall–Kier alpha value is -3.40. The number of aromatic nitrogens is 1. The molecule has 1 heterocycles. The summed E-state index contributed by atoms with van der Waals surface area (Å²) in [5, 5.41) is 24.0. The van der Waals surface area contributed by atoms with Gasteiger partial charge in [0.2, 0.25) is 11.8 Å². The number of aliphatic carboxylic acids is 2. The highest BCUT2D eigenvalue weighted by molar-refractivity contribution is 5.92. The first-order valence-electron chi connectivity index (χ1n) is 9.05. The fourth-order valence-electron chi connectivity index (χ4n) is 2.83. The summed E-state index contributed by atoms with van der Waals surface area (Å²) in [5.41, 5.74) is 7.01. The standard InChI is InChI=1S/C19H24N4O6/c1-10(20)17(26)22-14(6-7-16(24)25)18(27)23-15(19(28)29)8-11-9-21-13-5-3-2-4-12(11)13/h2-5,9-10,14-15,21H,6-8,20H2,1H3,(H,22,26)(H,23,27)(H,24,25)(H,28,29)/t10-,14-,15-/m0/s1. The number of carbonyl (C=O) groups is 4. The van der Waals surface area contributed by atoms with E-state index in [0.717, 1.165) is 10.9 Å². The summed E-state index contributed by atoms with van der Waals surface area (Å²) in [6.45, 7) is 1.42. The molecule has 0 saturated carbocycles. The zero-order valence-electron chi connectivity index (χ0n) is 15.8. The Morgan fingerprint density at radius 3 is 2.34 bits per heavy atom. The summed E-state index contributed by atoms with van der Waals surface area (Å²) in [5.74, 6) is -3.82. The van der Waals surface area contributed by atoms with Crippen LogP contribution in [0.1, 0.15) is 25.3 Å². The van der Waals surface area contributed by atoms with Gasteiger partial charge in [0, 0.05) is 29.9 Å². The van der Waals surface area contributed by atoms with Gasteiger partial charge in [-0.05, 0) is 25.0 Å². The van der Waals surface area contributed by atoms with Gasteiger partial charge in [-0.3, -0.25) is 14.4 Å². The second-order valence-electron chi connectivity index (χ2n) is 6.75. The molecule has 7 N–H and O–H groups in total. The van der Waals surface area contributed by atoms with Crippen molar-refractivity contribution in [3.8, 4) is 0 Å². The van der Waals surface area contributed by atoms with Crippen LogP contribution in [0.25, 0.3) is 10.9 Å². The summed E-state index contributed by atoms with van der Waals surface area (Å²) in [7, 11) is 0. The van der Waals surface area contributed by atoms with E-state index in [1.54, 1.807) is 6.20 Å². The van der Waals surface area contributed by atoms with Crippen molar-refractivity contribution in [2.45, 2.75) is 44.3 Å². The van der Waals surface area contributed by atoms with Crippen molar-refractivity contribution >= 4 is 34.7 Å². The van der Waals surface area contributed by atoms with Crippen LogP contribution in [0.15, 0.2) is 30.5 Å². The third-order valence-corrected chi connectivity index (χ3v) is 4.41. The predicted molar refractivity (Wildman–Crippen MR) is 104 cm³/mol. The van der Waals surface area contributed by atoms with Crippen LogP contribution >= 0.6 is 0 Å². The normalized spacial score (nSPS) is 14.0. The molecule has 0 aliphatic carbocycles. The maximum Gasteiger partial charge on any atom is 0.326 e. The maximum absolute atomic E-state index is 12.6. The number of hydrogen-bond donors (Lipinski definition) is 6. The Bertz CT molecular complexity index is 907. The third kappa shape index (κ3) is 6.04. The highest BCUT2D eigenvalue weighted by Gasteiger charge is 2.28. The van der Waals surface area contributed by atoms with E-state index in [2.05, 4.69) is 15.6 Å². The average molecular weight is 404 g/mol. The topological polar surface area (TPSA) is 175 Å². The predicted octanol–water partition coefficient (Wildman–Crippen LogP) is -0.0234. The molecule has 0 radical (unpaired) electrons. The van der Waals surface area contributed by atoms with Crippen molar-refractivity contribution in [2.24, 2.45) is 5.73 Å². The van der Waals surface area contributed by atoms with E-state index in [9.17, 15) is 24.3 Å². The number of carboxylic acids is 2. The summed E-state index contributed by atoms with van der Waals surface area (Å²) in [6, 6.07) is 3.96. The lowest BCUT2D eigenvalue weighted by Gasteiger charge is -2.22. The molecule has 0 spiro atoms. The molecule has 1 aromatic carbocycles. The molecule has 2 aromatic rings. The minimum atomic E-state index is -1.26. The summed E-state index contributed by atoms with van der Waals surface area (Å²) in [4.78, 5) is 50.0. The quantitative estimate of drug-likeness (QED) is 0.322. The summed E-state index contributed by atoms with van der Waals surface area (Å²) < 4.78 is 0. The van der Waals surface area contributed by atoms with Gasteiger partial charge < -0.3 is 31.6 Å². The molecular weight excluding hydrogens is 380 g/mol. The summed E-state index contributed by atoms with van der Waals surface area (Å²) in [6.07, 6.45) is 1.11. The minimum Gasteiger partial charge on any atom is -0.481 e. The van der Waals surface area contributed by atoms with Crippen molar-refractivity contribution in [1.29, 1.82) is 0 Å². The van der Waals surface area contributed by atoms with E-state index in [1.165, 1.54) is 6.92 Å². The first-order chi connectivity index (χ1) is 13.7. The largest absolute Gasteiger partial charge is 0.481 e. The number of amides is 2. The van der Waals surface area contributed by atoms with E-state index < -0.39 is 41.9 Å².